The fraction of sp³-hybridized carbons (Fsp3) is 0.550. The number of aliphatic imine (C=N–C) groups is 1. The molecule has 3 rings (SSSR count). The number of rotatable bonds is 6. The summed E-state index contributed by atoms with van der Waals surface area (Å²) in [4.78, 5) is 4.56. The minimum absolute atomic E-state index is 0.187. The van der Waals surface area contributed by atoms with Crippen molar-refractivity contribution in [3.05, 3.63) is 46.8 Å². The number of benzene rings is 1. The average Bonchev–Trinajstić information content (AvgIpc) is 2.88. The van der Waals surface area contributed by atoms with Gasteiger partial charge in [0, 0.05) is 32.5 Å². The molecule has 27 heavy (non-hydrogen) atoms. The third-order valence-corrected chi connectivity index (χ3v) is 4.83. The molecule has 0 saturated heterocycles. The monoisotopic (exact) mass is 372 g/mol. The van der Waals surface area contributed by atoms with E-state index < -0.39 is 0 Å². The highest BCUT2D eigenvalue weighted by molar-refractivity contribution is 5.79. The first-order valence-electron chi connectivity index (χ1n) is 9.85. The summed E-state index contributed by atoms with van der Waals surface area (Å²) in [5, 5.41) is 15.3. The minimum atomic E-state index is -0.187. The van der Waals surface area contributed by atoms with Gasteiger partial charge in [-0.3, -0.25) is 0 Å². The first kappa shape index (κ1) is 19.3. The van der Waals surface area contributed by atoms with Crippen LogP contribution >= 0.6 is 0 Å². The molecule has 0 spiro atoms. The number of hydrogen-bond acceptors (Lipinski definition) is 3. The highest BCUT2D eigenvalue weighted by Crippen LogP contribution is 2.14. The number of halogens is 1. The van der Waals surface area contributed by atoms with Crippen LogP contribution in [0.3, 0.4) is 0 Å². The van der Waals surface area contributed by atoms with E-state index in [0.717, 1.165) is 55.6 Å². The third-order valence-electron chi connectivity index (χ3n) is 4.83. The molecule has 2 aromatic rings. The average molecular weight is 372 g/mol. The van der Waals surface area contributed by atoms with Crippen LogP contribution in [-0.4, -0.2) is 33.8 Å². The van der Waals surface area contributed by atoms with Gasteiger partial charge in [0.1, 0.15) is 17.5 Å². The van der Waals surface area contributed by atoms with Crippen molar-refractivity contribution in [3.8, 4) is 0 Å². The molecule has 6 nitrogen and oxygen atoms in total. The van der Waals surface area contributed by atoms with Crippen LogP contribution in [0.2, 0.25) is 0 Å². The molecule has 1 aliphatic rings. The molecule has 0 aliphatic carbocycles. The Kier molecular flexibility index (Phi) is 6.79. The van der Waals surface area contributed by atoms with Gasteiger partial charge in [-0.25, -0.2) is 9.38 Å². The molecule has 0 unspecified atom stereocenters. The Labute approximate surface area is 160 Å². The molecule has 0 bridgehead atoms. The first-order valence-corrected chi connectivity index (χ1v) is 9.85. The molecule has 2 heterocycles. The Morgan fingerprint density at radius 2 is 2.11 bits per heavy atom. The summed E-state index contributed by atoms with van der Waals surface area (Å²) in [6.45, 7) is 6.75. The lowest BCUT2D eigenvalue weighted by atomic mass is 10.1. The Hall–Kier alpha value is -2.44. The zero-order valence-corrected chi connectivity index (χ0v) is 16.3. The normalized spacial score (nSPS) is 14.6. The SMILES string of the molecule is CCNC(=NCc1ccc(C)c(F)c1)NCCc1nnc2n1CCCCC2. The van der Waals surface area contributed by atoms with Crippen LogP contribution < -0.4 is 10.6 Å². The molecular weight excluding hydrogens is 343 g/mol. The zero-order chi connectivity index (χ0) is 19.1. The lowest BCUT2D eigenvalue weighted by Crippen LogP contribution is -2.38. The topological polar surface area (TPSA) is 67.1 Å². The number of guanidine groups is 1. The van der Waals surface area contributed by atoms with E-state index in [1.54, 1.807) is 19.1 Å². The predicted octanol–water partition coefficient (Wildman–Crippen LogP) is 2.75. The Morgan fingerprint density at radius 1 is 1.22 bits per heavy atom. The smallest absolute Gasteiger partial charge is 0.191 e. The maximum Gasteiger partial charge on any atom is 0.191 e. The van der Waals surface area contributed by atoms with Gasteiger partial charge >= 0.3 is 0 Å². The van der Waals surface area contributed by atoms with E-state index in [0.29, 0.717) is 12.1 Å². The largest absolute Gasteiger partial charge is 0.357 e. The van der Waals surface area contributed by atoms with E-state index in [-0.39, 0.29) is 5.82 Å². The molecule has 1 aromatic carbocycles. The van der Waals surface area contributed by atoms with Crippen molar-refractivity contribution in [1.82, 2.24) is 25.4 Å². The van der Waals surface area contributed by atoms with Gasteiger partial charge in [0.25, 0.3) is 0 Å². The van der Waals surface area contributed by atoms with E-state index in [9.17, 15) is 4.39 Å². The number of nitrogens with one attached hydrogen (secondary N) is 2. The van der Waals surface area contributed by atoms with Crippen LogP contribution in [0.4, 0.5) is 4.39 Å². The maximum absolute atomic E-state index is 13.7. The second-order valence-corrected chi connectivity index (χ2v) is 6.95. The van der Waals surface area contributed by atoms with E-state index in [1.165, 1.54) is 19.3 Å². The van der Waals surface area contributed by atoms with Crippen molar-refractivity contribution in [2.45, 2.75) is 59.0 Å². The number of nitrogens with zero attached hydrogens (tertiary/aromatic N) is 4. The fourth-order valence-corrected chi connectivity index (χ4v) is 3.27. The Morgan fingerprint density at radius 3 is 2.93 bits per heavy atom. The standard InChI is InChI=1S/C20H29FN6/c1-3-22-20(24-14-16-9-8-15(2)17(21)13-16)23-11-10-19-26-25-18-7-5-4-6-12-27(18)19/h8-9,13H,3-7,10-12,14H2,1-2H3,(H2,22,23,24). The molecule has 146 valence electrons. The van der Waals surface area contributed by atoms with Gasteiger partial charge in [-0.1, -0.05) is 18.6 Å². The van der Waals surface area contributed by atoms with Crippen molar-refractivity contribution < 1.29 is 4.39 Å². The van der Waals surface area contributed by atoms with E-state index in [2.05, 4.69) is 30.4 Å². The third kappa shape index (κ3) is 5.28. The van der Waals surface area contributed by atoms with Crippen molar-refractivity contribution in [3.63, 3.8) is 0 Å². The molecule has 0 atom stereocenters. The van der Waals surface area contributed by atoms with Crippen LogP contribution in [-0.2, 0) is 25.9 Å². The summed E-state index contributed by atoms with van der Waals surface area (Å²) < 4.78 is 16.0. The minimum Gasteiger partial charge on any atom is -0.357 e. The summed E-state index contributed by atoms with van der Waals surface area (Å²) in [6.07, 6.45) is 5.49. The summed E-state index contributed by atoms with van der Waals surface area (Å²) >= 11 is 0. The molecular formula is C20H29FN6. The predicted molar refractivity (Wildman–Crippen MR) is 105 cm³/mol. The fourth-order valence-electron chi connectivity index (χ4n) is 3.27. The maximum atomic E-state index is 13.7. The molecule has 0 saturated carbocycles. The van der Waals surface area contributed by atoms with Crippen molar-refractivity contribution in [2.75, 3.05) is 13.1 Å². The number of hydrogen-bond donors (Lipinski definition) is 2. The highest BCUT2D eigenvalue weighted by atomic mass is 19.1. The molecule has 0 fully saturated rings. The highest BCUT2D eigenvalue weighted by Gasteiger charge is 2.14. The van der Waals surface area contributed by atoms with E-state index >= 15 is 0 Å². The van der Waals surface area contributed by atoms with Gasteiger partial charge in [-0.2, -0.15) is 0 Å². The summed E-state index contributed by atoms with van der Waals surface area (Å²) in [5.74, 6) is 2.70. The Balaban J connectivity index is 1.56. The molecule has 0 amide bonds. The summed E-state index contributed by atoms with van der Waals surface area (Å²) in [7, 11) is 0. The quantitative estimate of drug-likeness (QED) is 0.604. The second-order valence-electron chi connectivity index (χ2n) is 6.95. The lowest BCUT2D eigenvalue weighted by Gasteiger charge is -2.12. The summed E-state index contributed by atoms with van der Waals surface area (Å²) in [5.41, 5.74) is 1.51. The Bertz CT molecular complexity index is 783. The molecule has 1 aromatic heterocycles. The van der Waals surface area contributed by atoms with Crippen LogP contribution in [0.25, 0.3) is 0 Å². The van der Waals surface area contributed by atoms with Crippen LogP contribution in [0.5, 0.6) is 0 Å². The van der Waals surface area contributed by atoms with E-state index in [4.69, 9.17) is 0 Å². The van der Waals surface area contributed by atoms with Crippen molar-refractivity contribution in [1.29, 1.82) is 0 Å². The van der Waals surface area contributed by atoms with Crippen LogP contribution in [0, 0.1) is 12.7 Å². The molecule has 0 radical (unpaired) electrons. The van der Waals surface area contributed by atoms with Gasteiger partial charge in [0.15, 0.2) is 5.96 Å². The number of aryl methyl sites for hydroxylation is 2. The summed E-state index contributed by atoms with van der Waals surface area (Å²) in [6, 6.07) is 5.25. The van der Waals surface area contributed by atoms with Gasteiger partial charge < -0.3 is 15.2 Å². The van der Waals surface area contributed by atoms with Gasteiger partial charge in [-0.05, 0) is 43.9 Å². The van der Waals surface area contributed by atoms with Crippen molar-refractivity contribution in [2.24, 2.45) is 4.99 Å². The van der Waals surface area contributed by atoms with Gasteiger partial charge in [-0.15, -0.1) is 10.2 Å². The van der Waals surface area contributed by atoms with Gasteiger partial charge in [0.05, 0.1) is 6.54 Å². The first-order chi connectivity index (χ1) is 13.2. The van der Waals surface area contributed by atoms with Gasteiger partial charge in [0.2, 0.25) is 0 Å². The lowest BCUT2D eigenvalue weighted by molar-refractivity contribution is 0.600. The van der Waals surface area contributed by atoms with E-state index in [1.807, 2.05) is 13.0 Å². The number of fused-ring (bicyclic) bond motifs is 1. The van der Waals surface area contributed by atoms with Crippen molar-refractivity contribution >= 4 is 5.96 Å². The molecule has 7 heteroatoms. The molecule has 2 N–H and O–H groups in total. The van der Waals surface area contributed by atoms with Crippen LogP contribution in [0.15, 0.2) is 23.2 Å². The number of aromatic nitrogens is 3. The zero-order valence-electron chi connectivity index (χ0n) is 16.3. The second kappa shape index (κ2) is 9.48. The van der Waals surface area contributed by atoms with Crippen LogP contribution in [0.1, 0.15) is 49.0 Å². The molecule has 1 aliphatic heterocycles.